The summed E-state index contributed by atoms with van der Waals surface area (Å²) in [6.45, 7) is -0.302. The van der Waals surface area contributed by atoms with Crippen molar-refractivity contribution in [2.75, 3.05) is 6.54 Å². The fraction of sp³-hybridized carbons (Fsp3) is 0.450. The zero-order valence-electron chi connectivity index (χ0n) is 18.4. The first kappa shape index (κ1) is 28.5. The summed E-state index contributed by atoms with van der Waals surface area (Å²) >= 11 is 0. The van der Waals surface area contributed by atoms with Crippen molar-refractivity contribution < 1.29 is 50.9 Å². The fourth-order valence-corrected chi connectivity index (χ4v) is 3.22. The van der Waals surface area contributed by atoms with E-state index in [0.717, 1.165) is 4.57 Å². The molecule has 10 nitrogen and oxygen atoms in total. The predicted octanol–water partition coefficient (Wildman–Crippen LogP) is 1.95. The third-order valence-corrected chi connectivity index (χ3v) is 4.92. The highest BCUT2D eigenvalue weighted by molar-refractivity contribution is 5.77. The third kappa shape index (κ3) is 7.93. The number of nitrogens with zero attached hydrogens (tertiary/aromatic N) is 4. The van der Waals surface area contributed by atoms with Gasteiger partial charge in [-0.25, -0.2) is 13.2 Å². The zero-order chi connectivity index (χ0) is 27.2. The number of rotatable bonds is 7. The lowest BCUT2D eigenvalue weighted by atomic mass is 10.0. The van der Waals surface area contributed by atoms with Crippen molar-refractivity contribution in [2.24, 2.45) is 5.73 Å². The molecular weight excluding hydrogens is 504 g/mol. The molecule has 0 saturated carbocycles. The van der Waals surface area contributed by atoms with Crippen LogP contribution in [0.4, 0.5) is 26.3 Å². The van der Waals surface area contributed by atoms with E-state index in [2.05, 4.69) is 10.2 Å². The Morgan fingerprint density at radius 3 is 2.11 bits per heavy atom. The molecule has 0 fully saturated rings. The van der Waals surface area contributed by atoms with Crippen LogP contribution in [0.5, 0.6) is 0 Å². The van der Waals surface area contributed by atoms with Crippen LogP contribution < -0.4 is 5.73 Å². The lowest BCUT2D eigenvalue weighted by molar-refractivity contribution is -0.148. The third-order valence-electron chi connectivity index (χ3n) is 4.92. The minimum Gasteiger partial charge on any atom is -0.481 e. The average Bonchev–Trinajstić information content (AvgIpc) is 3.20. The van der Waals surface area contributed by atoms with Crippen molar-refractivity contribution in [3.63, 3.8) is 0 Å². The van der Waals surface area contributed by atoms with Crippen molar-refractivity contribution in [2.45, 2.75) is 51.0 Å². The molecule has 2 heterocycles. The quantitative estimate of drug-likeness (QED) is 0.367. The first-order valence-corrected chi connectivity index (χ1v) is 10.3. The fourth-order valence-electron chi connectivity index (χ4n) is 3.22. The van der Waals surface area contributed by atoms with Gasteiger partial charge in [-0.3, -0.25) is 14.4 Å². The first-order valence-electron chi connectivity index (χ1n) is 10.3. The lowest BCUT2D eigenvalue weighted by Gasteiger charge is -2.29. The number of carboxylic acid groups (broad SMARTS) is 2. The van der Waals surface area contributed by atoms with Gasteiger partial charge in [0, 0.05) is 31.6 Å². The van der Waals surface area contributed by atoms with Gasteiger partial charge in [0.2, 0.25) is 11.7 Å². The number of aromatic nitrogens is 3. The van der Waals surface area contributed by atoms with Crippen molar-refractivity contribution in [1.82, 2.24) is 19.7 Å². The Hall–Kier alpha value is -3.69. The minimum atomic E-state index is -4.64. The van der Waals surface area contributed by atoms with Gasteiger partial charge in [-0.15, -0.1) is 10.2 Å². The van der Waals surface area contributed by atoms with E-state index in [1.165, 1.54) is 4.90 Å². The summed E-state index contributed by atoms with van der Waals surface area (Å²) in [6.07, 6.45) is -5.70. The minimum absolute atomic E-state index is 0.000783. The molecule has 1 aromatic heterocycles. The van der Waals surface area contributed by atoms with Gasteiger partial charge in [0.25, 0.3) is 0 Å². The molecule has 2 aromatic rings. The molecule has 36 heavy (non-hydrogen) atoms. The van der Waals surface area contributed by atoms with Crippen molar-refractivity contribution in [3.05, 3.63) is 46.8 Å². The summed E-state index contributed by atoms with van der Waals surface area (Å²) in [6, 6.07) is 0.184. The normalized spacial score (nSPS) is 13.9. The van der Waals surface area contributed by atoms with E-state index < -0.39 is 53.3 Å². The molecule has 3 rings (SSSR count). The Bertz CT molecular complexity index is 1110. The number of carbonyl (C=O) groups is 3. The summed E-state index contributed by atoms with van der Waals surface area (Å²) in [5, 5.41) is 22.4. The number of hydrogen-bond acceptors (Lipinski definition) is 6. The number of hydrogen-bond donors (Lipinski definition) is 3. The van der Waals surface area contributed by atoms with Crippen LogP contribution in [0.1, 0.15) is 36.5 Å². The van der Waals surface area contributed by atoms with E-state index >= 15 is 0 Å². The van der Waals surface area contributed by atoms with Crippen molar-refractivity contribution in [1.29, 1.82) is 0 Å². The molecule has 0 spiro atoms. The average molecular weight is 525 g/mol. The Kier molecular flexibility index (Phi) is 9.38. The summed E-state index contributed by atoms with van der Waals surface area (Å²) in [4.78, 5) is 32.9. The van der Waals surface area contributed by atoms with Crippen LogP contribution in [0, 0.1) is 17.5 Å². The molecular formula is C20H21F6N5O5. The van der Waals surface area contributed by atoms with Gasteiger partial charge in [0.1, 0.15) is 5.82 Å². The number of carboxylic acids is 2. The second kappa shape index (κ2) is 11.8. The smallest absolute Gasteiger partial charge is 0.451 e. The molecule has 1 aliphatic heterocycles. The van der Waals surface area contributed by atoms with Crippen LogP contribution in [0.15, 0.2) is 12.1 Å². The molecule has 0 bridgehead atoms. The molecule has 1 atom stereocenters. The first-order chi connectivity index (χ1) is 16.7. The summed E-state index contributed by atoms with van der Waals surface area (Å²) < 4.78 is 79.3. The van der Waals surface area contributed by atoms with E-state index in [-0.39, 0.29) is 56.7 Å². The highest BCUT2D eigenvalue weighted by Crippen LogP contribution is 2.29. The summed E-state index contributed by atoms with van der Waals surface area (Å²) in [5.41, 5.74) is 5.64. The maximum Gasteiger partial charge on any atom is 0.451 e. The van der Waals surface area contributed by atoms with Crippen LogP contribution in [-0.4, -0.2) is 60.3 Å². The van der Waals surface area contributed by atoms with Gasteiger partial charge in [-0.1, -0.05) is 0 Å². The highest BCUT2D eigenvalue weighted by atomic mass is 19.4. The molecule has 0 unspecified atom stereocenters. The molecule has 0 saturated heterocycles. The van der Waals surface area contributed by atoms with Crippen LogP contribution in [0.2, 0.25) is 0 Å². The zero-order valence-corrected chi connectivity index (χ0v) is 18.4. The van der Waals surface area contributed by atoms with Gasteiger partial charge < -0.3 is 25.4 Å². The molecule has 16 heteroatoms. The van der Waals surface area contributed by atoms with Crippen LogP contribution in [0.3, 0.4) is 0 Å². The van der Waals surface area contributed by atoms with Gasteiger partial charge in [-0.2, -0.15) is 13.2 Å². The Balaban J connectivity index is 0.000000493. The molecule has 4 N–H and O–H groups in total. The van der Waals surface area contributed by atoms with Gasteiger partial charge >= 0.3 is 18.1 Å². The highest BCUT2D eigenvalue weighted by Gasteiger charge is 2.40. The number of amides is 1. The number of alkyl halides is 3. The number of carbonyl (C=O) groups excluding carboxylic acids is 1. The van der Waals surface area contributed by atoms with E-state index in [4.69, 9.17) is 15.9 Å². The molecule has 1 aromatic carbocycles. The second-order valence-corrected chi connectivity index (χ2v) is 7.72. The molecule has 198 valence electrons. The second-order valence-electron chi connectivity index (χ2n) is 7.72. The summed E-state index contributed by atoms with van der Waals surface area (Å²) in [7, 11) is 0. The maximum atomic E-state index is 13.7. The SMILES string of the molecule is N[C@@H](CC(=O)N1CCn2c(nnc2C(F)(F)F)C1)Cc1cc(F)c(F)cc1F.O=C(O)CCC(=O)O. The standard InChI is InChI=1S/C16H15F6N5O.C4H6O4/c17-10-6-12(19)11(18)4-8(10)3-9(23)5-14(28)26-1-2-27-13(7-26)24-25-15(27)16(20,21)22;5-3(6)1-2-4(7)8/h4,6,9H,1-3,5,7,23H2;1-2H2,(H,5,6)(H,7,8)/t9-;/m1./s1. The molecule has 1 amide bonds. The van der Waals surface area contributed by atoms with Crippen LogP contribution >= 0.6 is 0 Å². The maximum absolute atomic E-state index is 13.7. The number of benzene rings is 1. The predicted molar refractivity (Wildman–Crippen MR) is 108 cm³/mol. The largest absolute Gasteiger partial charge is 0.481 e. The lowest BCUT2D eigenvalue weighted by Crippen LogP contribution is -2.42. The van der Waals surface area contributed by atoms with Gasteiger partial charge in [-0.05, 0) is 18.1 Å². The Morgan fingerprint density at radius 2 is 1.56 bits per heavy atom. The van der Waals surface area contributed by atoms with E-state index in [1.54, 1.807) is 0 Å². The van der Waals surface area contributed by atoms with Gasteiger partial charge in [0.05, 0.1) is 19.4 Å². The van der Waals surface area contributed by atoms with Crippen LogP contribution in [-0.2, 0) is 40.1 Å². The van der Waals surface area contributed by atoms with E-state index in [1.807, 2.05) is 0 Å². The van der Waals surface area contributed by atoms with Crippen molar-refractivity contribution >= 4 is 17.8 Å². The summed E-state index contributed by atoms with van der Waals surface area (Å²) in [5.74, 6) is -7.30. The van der Waals surface area contributed by atoms with E-state index in [9.17, 15) is 40.7 Å². The van der Waals surface area contributed by atoms with Gasteiger partial charge in [0.15, 0.2) is 17.5 Å². The number of nitrogens with two attached hydrogens (primary N) is 1. The van der Waals surface area contributed by atoms with Crippen LogP contribution in [0.25, 0.3) is 0 Å². The topological polar surface area (TPSA) is 152 Å². The molecule has 0 radical (unpaired) electrons. The Labute approximate surface area is 199 Å². The molecule has 0 aliphatic carbocycles. The van der Waals surface area contributed by atoms with E-state index in [0.29, 0.717) is 12.1 Å². The Morgan fingerprint density at radius 1 is 0.972 bits per heavy atom. The molecule has 1 aliphatic rings. The number of halogens is 6. The monoisotopic (exact) mass is 525 g/mol. The number of fused-ring (bicyclic) bond motifs is 1. The van der Waals surface area contributed by atoms with Crippen molar-refractivity contribution in [3.8, 4) is 0 Å². The number of aliphatic carboxylic acids is 2.